The van der Waals surface area contributed by atoms with Crippen molar-refractivity contribution in [1.82, 2.24) is 9.88 Å². The first-order valence-electron chi connectivity index (χ1n) is 11.7. The fourth-order valence-electron chi connectivity index (χ4n) is 4.34. The number of unbranched alkanes of at least 4 members (excludes halogenated alkanes) is 1. The predicted octanol–water partition coefficient (Wildman–Crippen LogP) is 6.58. The summed E-state index contributed by atoms with van der Waals surface area (Å²) < 4.78 is 15.9. The number of fused-ring (bicyclic) bond motifs is 1. The molecule has 0 radical (unpaired) electrons. The Labute approximate surface area is 195 Å². The Morgan fingerprint density at radius 2 is 1.73 bits per heavy atom. The highest BCUT2D eigenvalue weighted by molar-refractivity contribution is 5.86. The average Bonchev–Trinajstić information content (AvgIpc) is 3.18. The Hall–Kier alpha value is -3.40. The minimum atomic E-state index is -0.272. The van der Waals surface area contributed by atoms with Gasteiger partial charge in [-0.2, -0.15) is 0 Å². The maximum atomic E-state index is 13.7. The van der Waals surface area contributed by atoms with E-state index in [2.05, 4.69) is 66.3 Å². The second kappa shape index (κ2) is 10.5. The molecular formula is C29H31FN2O. The summed E-state index contributed by atoms with van der Waals surface area (Å²) in [6.07, 6.45) is 4.49. The van der Waals surface area contributed by atoms with E-state index in [4.69, 9.17) is 0 Å². The second-order valence-corrected chi connectivity index (χ2v) is 8.73. The smallest absolute Gasteiger partial charge is 0.220 e. The van der Waals surface area contributed by atoms with Crippen LogP contribution < -0.4 is 5.32 Å². The van der Waals surface area contributed by atoms with Crippen molar-refractivity contribution in [3.05, 3.63) is 107 Å². The van der Waals surface area contributed by atoms with Crippen LogP contribution in [0.15, 0.2) is 79.0 Å². The molecule has 1 atom stereocenters. The Morgan fingerprint density at radius 3 is 2.45 bits per heavy atom. The van der Waals surface area contributed by atoms with Gasteiger partial charge in [0, 0.05) is 42.5 Å². The molecule has 170 valence electrons. The van der Waals surface area contributed by atoms with Crippen LogP contribution >= 0.6 is 0 Å². The molecule has 4 heteroatoms. The lowest BCUT2D eigenvalue weighted by Crippen LogP contribution is -2.26. The van der Waals surface area contributed by atoms with Crippen LogP contribution in [0.2, 0.25) is 0 Å². The largest absolute Gasteiger partial charge is 0.356 e. The van der Waals surface area contributed by atoms with Gasteiger partial charge in [0.15, 0.2) is 0 Å². The Bertz CT molecular complexity index is 1210. The number of para-hydroxylation sites is 1. The van der Waals surface area contributed by atoms with Crippen molar-refractivity contribution in [1.29, 1.82) is 0 Å². The van der Waals surface area contributed by atoms with Gasteiger partial charge >= 0.3 is 0 Å². The van der Waals surface area contributed by atoms with Crippen molar-refractivity contribution in [2.45, 2.75) is 45.6 Å². The monoisotopic (exact) mass is 442 g/mol. The standard InChI is InChI=1S/C29H31FN2O/c1-3-4-17-31-29(33)18-26(23-13-15-24(30)16-14-23)27-20-32(28-8-6-5-7-25(27)28)19-22-11-9-21(2)10-12-22/h5-16,20,26H,3-4,17-19H2,1-2H3,(H,31,33). The van der Waals surface area contributed by atoms with Crippen molar-refractivity contribution in [2.24, 2.45) is 0 Å². The van der Waals surface area contributed by atoms with Crippen molar-refractivity contribution < 1.29 is 9.18 Å². The number of carbonyl (C=O) groups is 1. The molecule has 33 heavy (non-hydrogen) atoms. The minimum absolute atomic E-state index is 0.0214. The van der Waals surface area contributed by atoms with E-state index in [1.807, 2.05) is 12.1 Å². The van der Waals surface area contributed by atoms with Crippen LogP contribution in [0.3, 0.4) is 0 Å². The number of halogens is 1. The molecule has 1 unspecified atom stereocenters. The van der Waals surface area contributed by atoms with Gasteiger partial charge in [-0.25, -0.2) is 4.39 Å². The Kier molecular flexibility index (Phi) is 7.23. The van der Waals surface area contributed by atoms with Crippen molar-refractivity contribution in [2.75, 3.05) is 6.54 Å². The first kappa shape index (κ1) is 22.8. The molecule has 0 saturated carbocycles. The number of amides is 1. The lowest BCUT2D eigenvalue weighted by atomic mass is 9.88. The van der Waals surface area contributed by atoms with Crippen LogP contribution in [-0.4, -0.2) is 17.0 Å². The van der Waals surface area contributed by atoms with Crippen LogP contribution in [0.25, 0.3) is 10.9 Å². The van der Waals surface area contributed by atoms with E-state index in [1.165, 1.54) is 23.3 Å². The summed E-state index contributed by atoms with van der Waals surface area (Å²) in [6.45, 7) is 5.63. The topological polar surface area (TPSA) is 34.0 Å². The summed E-state index contributed by atoms with van der Waals surface area (Å²) in [5.41, 5.74) is 5.63. The van der Waals surface area contributed by atoms with E-state index < -0.39 is 0 Å². The molecule has 3 nitrogen and oxygen atoms in total. The van der Waals surface area contributed by atoms with E-state index in [1.54, 1.807) is 12.1 Å². The number of benzene rings is 3. The van der Waals surface area contributed by atoms with Crippen molar-refractivity contribution in [3.8, 4) is 0 Å². The molecule has 0 aliphatic heterocycles. The summed E-state index contributed by atoms with van der Waals surface area (Å²) >= 11 is 0. The maximum Gasteiger partial charge on any atom is 0.220 e. The predicted molar refractivity (Wildman–Crippen MR) is 133 cm³/mol. The molecule has 0 aliphatic carbocycles. The van der Waals surface area contributed by atoms with Crippen molar-refractivity contribution in [3.63, 3.8) is 0 Å². The van der Waals surface area contributed by atoms with E-state index >= 15 is 0 Å². The number of hydrogen-bond donors (Lipinski definition) is 1. The zero-order chi connectivity index (χ0) is 23.2. The molecule has 1 N–H and O–H groups in total. The summed E-state index contributed by atoms with van der Waals surface area (Å²) in [4.78, 5) is 12.8. The number of nitrogens with zero attached hydrogens (tertiary/aromatic N) is 1. The van der Waals surface area contributed by atoms with Gasteiger partial charge in [0.05, 0.1) is 0 Å². The normalized spacial score (nSPS) is 12.1. The SMILES string of the molecule is CCCCNC(=O)CC(c1ccc(F)cc1)c1cn(Cc2ccc(C)cc2)c2ccccc12. The lowest BCUT2D eigenvalue weighted by molar-refractivity contribution is -0.121. The van der Waals surface area contributed by atoms with Crippen LogP contribution in [0.1, 0.15) is 54.4 Å². The van der Waals surface area contributed by atoms with E-state index in [-0.39, 0.29) is 17.6 Å². The zero-order valence-corrected chi connectivity index (χ0v) is 19.4. The highest BCUT2D eigenvalue weighted by atomic mass is 19.1. The zero-order valence-electron chi connectivity index (χ0n) is 19.4. The van der Waals surface area contributed by atoms with Crippen molar-refractivity contribution >= 4 is 16.8 Å². The molecule has 4 rings (SSSR count). The highest BCUT2D eigenvalue weighted by Gasteiger charge is 2.23. The molecule has 0 spiro atoms. The van der Waals surface area contributed by atoms with Crippen LogP contribution in [0.5, 0.6) is 0 Å². The highest BCUT2D eigenvalue weighted by Crippen LogP contribution is 2.35. The minimum Gasteiger partial charge on any atom is -0.356 e. The van der Waals surface area contributed by atoms with Gasteiger partial charge in [-0.15, -0.1) is 0 Å². The molecule has 0 aliphatic rings. The molecule has 0 fully saturated rings. The third kappa shape index (κ3) is 5.51. The third-order valence-corrected chi connectivity index (χ3v) is 6.18. The summed E-state index contributed by atoms with van der Waals surface area (Å²) in [5, 5.41) is 4.17. The molecule has 4 aromatic rings. The Morgan fingerprint density at radius 1 is 1.00 bits per heavy atom. The Balaban J connectivity index is 1.73. The quantitative estimate of drug-likeness (QED) is 0.292. The number of carbonyl (C=O) groups excluding carboxylic acids is 1. The lowest BCUT2D eigenvalue weighted by Gasteiger charge is -2.17. The fraction of sp³-hybridized carbons (Fsp3) is 0.276. The third-order valence-electron chi connectivity index (χ3n) is 6.18. The molecule has 0 bridgehead atoms. The van der Waals surface area contributed by atoms with Gasteiger partial charge in [-0.05, 0) is 48.2 Å². The number of nitrogens with one attached hydrogen (secondary N) is 1. The van der Waals surface area contributed by atoms with Crippen LogP contribution in [0.4, 0.5) is 4.39 Å². The van der Waals surface area contributed by atoms with Gasteiger partial charge in [0.2, 0.25) is 5.91 Å². The van der Waals surface area contributed by atoms with E-state index in [0.29, 0.717) is 13.0 Å². The maximum absolute atomic E-state index is 13.7. The van der Waals surface area contributed by atoms with Crippen LogP contribution in [0, 0.1) is 12.7 Å². The second-order valence-electron chi connectivity index (χ2n) is 8.73. The molecule has 1 aromatic heterocycles. The summed E-state index contributed by atoms with van der Waals surface area (Å²) in [7, 11) is 0. The number of rotatable bonds is 9. The molecule has 3 aromatic carbocycles. The summed E-state index contributed by atoms with van der Waals surface area (Å²) in [5.74, 6) is -0.406. The van der Waals surface area contributed by atoms with Gasteiger partial charge in [0.1, 0.15) is 5.82 Å². The summed E-state index contributed by atoms with van der Waals surface area (Å²) in [6, 6.07) is 23.4. The molecular weight excluding hydrogens is 411 g/mol. The average molecular weight is 443 g/mol. The van der Waals surface area contributed by atoms with E-state index in [9.17, 15) is 9.18 Å². The number of aromatic nitrogens is 1. The molecule has 1 heterocycles. The van der Waals surface area contributed by atoms with Gasteiger partial charge in [-0.3, -0.25) is 4.79 Å². The number of aryl methyl sites for hydroxylation is 1. The van der Waals surface area contributed by atoms with E-state index in [0.717, 1.165) is 41.4 Å². The van der Waals surface area contributed by atoms with Crippen LogP contribution in [-0.2, 0) is 11.3 Å². The first-order valence-corrected chi connectivity index (χ1v) is 11.7. The van der Waals surface area contributed by atoms with Gasteiger partial charge in [-0.1, -0.05) is 73.5 Å². The first-order chi connectivity index (χ1) is 16.0. The fourth-order valence-corrected chi connectivity index (χ4v) is 4.34. The van der Waals surface area contributed by atoms with Gasteiger partial charge in [0.25, 0.3) is 0 Å². The molecule has 0 saturated heterocycles. The van der Waals surface area contributed by atoms with Gasteiger partial charge < -0.3 is 9.88 Å². The molecule has 1 amide bonds. The number of hydrogen-bond acceptors (Lipinski definition) is 1.